The van der Waals surface area contributed by atoms with Gasteiger partial charge in [-0.2, -0.15) is 0 Å². The molecule has 0 aliphatic carbocycles. The molecule has 42 heavy (non-hydrogen) atoms. The number of pyridine rings is 2. The van der Waals surface area contributed by atoms with Gasteiger partial charge in [-0.15, -0.1) is 0 Å². The molecule has 1 unspecified atom stereocenters. The van der Waals surface area contributed by atoms with Crippen molar-refractivity contribution in [1.29, 1.82) is 0 Å². The summed E-state index contributed by atoms with van der Waals surface area (Å²) < 4.78 is 20.5. The molecule has 0 saturated carbocycles. The van der Waals surface area contributed by atoms with Crippen LogP contribution >= 0.6 is 7.29 Å². The lowest BCUT2D eigenvalue weighted by molar-refractivity contribution is 0.583. The zero-order valence-electron chi connectivity index (χ0n) is 22.4. The van der Waals surface area contributed by atoms with Gasteiger partial charge in [-0.05, 0) is 47.9 Å². The minimum Gasteiger partial charge on any atom is -0.292 e. The van der Waals surface area contributed by atoms with E-state index in [9.17, 15) is 0 Å². The smallest absolute Gasteiger partial charge is 0.237 e. The molecule has 9 rings (SSSR count). The molecule has 5 nitrogen and oxygen atoms in total. The second-order valence-corrected chi connectivity index (χ2v) is 13.2. The summed E-state index contributed by atoms with van der Waals surface area (Å²) in [5.74, 6) is 0. The second-order valence-electron chi connectivity index (χ2n) is 10.6. The van der Waals surface area contributed by atoms with Crippen molar-refractivity contribution in [3.63, 3.8) is 0 Å². The van der Waals surface area contributed by atoms with E-state index in [4.69, 9.17) is 4.98 Å². The molecule has 0 aliphatic rings. The number of nitrogens with zero attached hydrogens (tertiary/aromatic N) is 4. The third kappa shape index (κ3) is 3.01. The van der Waals surface area contributed by atoms with Crippen molar-refractivity contribution in [3.05, 3.63) is 140 Å². The SMILES string of the molecule is O=P(c1cccnc1)(c1cccc2c1nc1c3ccccc3c3ccccc3n21)n1c2ccccc2c2ccccc21. The lowest BCUT2D eigenvalue weighted by atomic mass is 10.1. The van der Waals surface area contributed by atoms with Crippen LogP contribution in [0.15, 0.2) is 140 Å². The Morgan fingerprint density at radius 3 is 1.76 bits per heavy atom. The van der Waals surface area contributed by atoms with Crippen LogP contribution in [0.5, 0.6) is 0 Å². The number of benzene rings is 5. The molecule has 0 saturated heterocycles. The zero-order chi connectivity index (χ0) is 27.8. The first kappa shape index (κ1) is 23.5. The third-order valence-electron chi connectivity index (χ3n) is 8.43. The summed E-state index contributed by atoms with van der Waals surface area (Å²) in [6.07, 6.45) is 3.47. The summed E-state index contributed by atoms with van der Waals surface area (Å²) >= 11 is 0. The molecule has 0 spiro atoms. The van der Waals surface area contributed by atoms with Crippen LogP contribution in [-0.4, -0.2) is 18.7 Å². The molecular formula is C36H23N4OP. The summed E-state index contributed by atoms with van der Waals surface area (Å²) in [6.45, 7) is 0. The first-order valence-electron chi connectivity index (χ1n) is 14.0. The van der Waals surface area contributed by atoms with Gasteiger partial charge in [-0.3, -0.25) is 18.3 Å². The van der Waals surface area contributed by atoms with Crippen molar-refractivity contribution in [2.24, 2.45) is 0 Å². The number of para-hydroxylation sites is 4. The van der Waals surface area contributed by atoms with Crippen LogP contribution < -0.4 is 10.6 Å². The van der Waals surface area contributed by atoms with Gasteiger partial charge in [-0.25, -0.2) is 4.98 Å². The Morgan fingerprint density at radius 1 is 0.524 bits per heavy atom. The van der Waals surface area contributed by atoms with Gasteiger partial charge in [-0.1, -0.05) is 84.9 Å². The maximum absolute atomic E-state index is 16.2. The Balaban J connectivity index is 1.50. The fourth-order valence-electron chi connectivity index (χ4n) is 6.66. The van der Waals surface area contributed by atoms with E-state index in [1.54, 1.807) is 12.4 Å². The van der Waals surface area contributed by atoms with Crippen LogP contribution in [0, 0.1) is 0 Å². The number of hydrogen-bond acceptors (Lipinski definition) is 3. The predicted molar refractivity (Wildman–Crippen MR) is 174 cm³/mol. The molecule has 0 bridgehead atoms. The molecule has 6 heteroatoms. The molecule has 1 atom stereocenters. The van der Waals surface area contributed by atoms with Crippen molar-refractivity contribution in [2.45, 2.75) is 0 Å². The van der Waals surface area contributed by atoms with E-state index in [-0.39, 0.29) is 0 Å². The monoisotopic (exact) mass is 558 g/mol. The second kappa shape index (κ2) is 8.62. The Bertz CT molecular complexity index is 2510. The van der Waals surface area contributed by atoms with Gasteiger partial charge >= 0.3 is 0 Å². The average molecular weight is 559 g/mol. The van der Waals surface area contributed by atoms with Crippen LogP contribution in [0.2, 0.25) is 0 Å². The van der Waals surface area contributed by atoms with E-state index in [0.717, 1.165) is 60.2 Å². The normalized spacial score (nSPS) is 13.5. The highest BCUT2D eigenvalue weighted by Crippen LogP contribution is 2.52. The van der Waals surface area contributed by atoms with E-state index < -0.39 is 7.29 Å². The van der Waals surface area contributed by atoms with E-state index in [1.807, 2.05) is 52.9 Å². The molecule has 0 amide bonds. The first-order valence-corrected chi connectivity index (χ1v) is 15.6. The molecular weight excluding hydrogens is 535 g/mol. The Labute approximate surface area is 240 Å². The average Bonchev–Trinajstić information content (AvgIpc) is 3.62. The molecule has 9 aromatic rings. The van der Waals surface area contributed by atoms with Crippen molar-refractivity contribution in [3.8, 4) is 0 Å². The summed E-state index contributed by atoms with van der Waals surface area (Å²) in [6, 6.07) is 43.1. The third-order valence-corrected chi connectivity index (χ3v) is 11.4. The minimum atomic E-state index is -3.56. The van der Waals surface area contributed by atoms with E-state index in [0.29, 0.717) is 10.6 Å². The first-order chi connectivity index (χ1) is 20.7. The molecule has 4 heterocycles. The van der Waals surface area contributed by atoms with Crippen LogP contribution in [-0.2, 0) is 4.57 Å². The van der Waals surface area contributed by atoms with Gasteiger partial charge in [0.1, 0.15) is 11.2 Å². The van der Waals surface area contributed by atoms with Gasteiger partial charge in [0, 0.05) is 33.9 Å². The zero-order valence-corrected chi connectivity index (χ0v) is 23.3. The van der Waals surface area contributed by atoms with E-state index >= 15 is 4.57 Å². The molecule has 5 aromatic carbocycles. The van der Waals surface area contributed by atoms with E-state index in [2.05, 4.69) is 88.2 Å². The van der Waals surface area contributed by atoms with Crippen molar-refractivity contribution < 1.29 is 4.57 Å². The minimum absolute atomic E-state index is 0.663. The highest BCUT2D eigenvalue weighted by atomic mass is 31.2. The molecule has 4 aromatic heterocycles. The van der Waals surface area contributed by atoms with Crippen molar-refractivity contribution in [2.75, 3.05) is 0 Å². The quantitative estimate of drug-likeness (QED) is 0.163. The Kier molecular flexibility index (Phi) is 4.82. The van der Waals surface area contributed by atoms with E-state index in [1.165, 1.54) is 0 Å². The molecule has 0 fully saturated rings. The van der Waals surface area contributed by atoms with Crippen molar-refractivity contribution in [1.82, 2.24) is 18.7 Å². The highest BCUT2D eigenvalue weighted by molar-refractivity contribution is 7.78. The summed E-state index contributed by atoms with van der Waals surface area (Å²) in [5.41, 5.74) is 5.41. The lowest BCUT2D eigenvalue weighted by Gasteiger charge is -2.23. The number of rotatable bonds is 3. The Morgan fingerprint density at radius 2 is 1.10 bits per heavy atom. The number of imidazole rings is 1. The number of aromatic nitrogens is 4. The molecule has 0 N–H and O–H groups in total. The summed E-state index contributed by atoms with van der Waals surface area (Å²) in [7, 11) is -3.56. The summed E-state index contributed by atoms with van der Waals surface area (Å²) in [5, 5.41) is 6.85. The maximum Gasteiger partial charge on any atom is 0.237 e. The van der Waals surface area contributed by atoms with Gasteiger partial charge < -0.3 is 0 Å². The highest BCUT2D eigenvalue weighted by Gasteiger charge is 2.36. The maximum atomic E-state index is 16.2. The van der Waals surface area contributed by atoms with Crippen molar-refractivity contribution >= 4 is 78.1 Å². The van der Waals surface area contributed by atoms with Gasteiger partial charge in [0.05, 0.1) is 32.7 Å². The fraction of sp³-hybridized carbons (Fsp3) is 0. The lowest BCUT2D eigenvalue weighted by Crippen LogP contribution is -2.22. The van der Waals surface area contributed by atoms with Gasteiger partial charge in [0.2, 0.25) is 7.29 Å². The van der Waals surface area contributed by atoms with Crippen LogP contribution in [0.3, 0.4) is 0 Å². The molecule has 0 radical (unpaired) electrons. The molecule has 0 aliphatic heterocycles. The largest absolute Gasteiger partial charge is 0.292 e. The van der Waals surface area contributed by atoms with Crippen LogP contribution in [0.1, 0.15) is 0 Å². The topological polar surface area (TPSA) is 52.2 Å². The van der Waals surface area contributed by atoms with Gasteiger partial charge in [0.25, 0.3) is 0 Å². The van der Waals surface area contributed by atoms with Gasteiger partial charge in [0.15, 0.2) is 0 Å². The van der Waals surface area contributed by atoms with Crippen LogP contribution in [0.25, 0.3) is 60.2 Å². The number of hydrogen-bond donors (Lipinski definition) is 0. The number of fused-ring (bicyclic) bond motifs is 11. The summed E-state index contributed by atoms with van der Waals surface area (Å²) in [4.78, 5) is 9.75. The predicted octanol–water partition coefficient (Wildman–Crippen LogP) is 8.07. The fourth-order valence-corrected chi connectivity index (χ4v) is 9.59. The van der Waals surface area contributed by atoms with Crippen LogP contribution in [0.4, 0.5) is 0 Å². The standard InChI is InChI=1S/C36H23N4OP/c41-42(24-11-10-22-37-23-24,40-31-18-7-4-14-27(31)28-15-5-8-19-32(28)40)34-21-9-20-33-35(34)38-36-29-16-2-1-12-25(29)26-13-3-6-17-30(26)39(33)36/h1-23H. The Hall–Kier alpha value is -5.25. The molecule has 198 valence electrons.